The second-order valence-electron chi connectivity index (χ2n) is 3.49. The van der Waals surface area contributed by atoms with Crippen LogP contribution in [0.3, 0.4) is 0 Å². The summed E-state index contributed by atoms with van der Waals surface area (Å²) in [5.41, 5.74) is 1.20. The minimum Gasteiger partial charge on any atom is -0.313 e. The van der Waals surface area contributed by atoms with Gasteiger partial charge in [0.15, 0.2) is 0 Å². The van der Waals surface area contributed by atoms with Gasteiger partial charge in [0.25, 0.3) is 0 Å². The molecule has 1 rings (SSSR count). The van der Waals surface area contributed by atoms with E-state index in [4.69, 9.17) is 5.26 Å². The molecule has 0 aliphatic carbocycles. The van der Waals surface area contributed by atoms with E-state index in [1.165, 1.54) is 12.1 Å². The SMILES string of the molecule is CCCCNCc1cc(F)cc(C#N)c1. The summed E-state index contributed by atoms with van der Waals surface area (Å²) in [7, 11) is 0. The zero-order chi connectivity index (χ0) is 11.1. The Morgan fingerprint density at radius 1 is 1.40 bits per heavy atom. The van der Waals surface area contributed by atoms with Crippen LogP contribution in [0.1, 0.15) is 30.9 Å². The van der Waals surface area contributed by atoms with Gasteiger partial charge < -0.3 is 5.32 Å². The summed E-state index contributed by atoms with van der Waals surface area (Å²) in [5.74, 6) is -0.346. The molecule has 0 atom stereocenters. The van der Waals surface area contributed by atoms with Gasteiger partial charge in [-0.05, 0) is 36.7 Å². The maximum atomic E-state index is 13.0. The van der Waals surface area contributed by atoms with Gasteiger partial charge in [0.2, 0.25) is 0 Å². The maximum Gasteiger partial charge on any atom is 0.124 e. The quantitative estimate of drug-likeness (QED) is 0.751. The van der Waals surface area contributed by atoms with E-state index in [1.807, 2.05) is 6.07 Å². The van der Waals surface area contributed by atoms with Crippen LogP contribution in [0.4, 0.5) is 4.39 Å². The number of benzene rings is 1. The summed E-state index contributed by atoms with van der Waals surface area (Å²) in [4.78, 5) is 0. The van der Waals surface area contributed by atoms with Gasteiger partial charge in [0.05, 0.1) is 11.6 Å². The molecular weight excluding hydrogens is 191 g/mol. The predicted octanol–water partition coefficient (Wildman–Crippen LogP) is 2.59. The van der Waals surface area contributed by atoms with Gasteiger partial charge in [0.1, 0.15) is 5.82 Å². The van der Waals surface area contributed by atoms with E-state index in [9.17, 15) is 4.39 Å². The normalized spacial score (nSPS) is 9.93. The van der Waals surface area contributed by atoms with Crippen LogP contribution >= 0.6 is 0 Å². The van der Waals surface area contributed by atoms with E-state index in [0.717, 1.165) is 24.9 Å². The van der Waals surface area contributed by atoms with E-state index in [-0.39, 0.29) is 5.82 Å². The van der Waals surface area contributed by atoms with Crippen LogP contribution in [0.5, 0.6) is 0 Å². The van der Waals surface area contributed by atoms with Crippen molar-refractivity contribution in [3.05, 3.63) is 35.1 Å². The Morgan fingerprint density at radius 2 is 2.20 bits per heavy atom. The lowest BCUT2D eigenvalue weighted by Crippen LogP contribution is -2.14. The van der Waals surface area contributed by atoms with Gasteiger partial charge in [-0.3, -0.25) is 0 Å². The molecule has 2 nitrogen and oxygen atoms in total. The molecule has 15 heavy (non-hydrogen) atoms. The highest BCUT2D eigenvalue weighted by Gasteiger charge is 1.99. The van der Waals surface area contributed by atoms with Crippen molar-refractivity contribution in [2.24, 2.45) is 0 Å². The van der Waals surface area contributed by atoms with Gasteiger partial charge in [-0.15, -0.1) is 0 Å². The Kier molecular flexibility index (Phi) is 4.79. The van der Waals surface area contributed by atoms with Crippen molar-refractivity contribution >= 4 is 0 Å². The standard InChI is InChI=1S/C12H15FN2/c1-2-3-4-15-9-11-5-10(8-14)6-12(13)7-11/h5-7,15H,2-4,9H2,1H3. The summed E-state index contributed by atoms with van der Waals surface area (Å²) in [6.45, 7) is 3.67. The third-order valence-electron chi connectivity index (χ3n) is 2.12. The summed E-state index contributed by atoms with van der Waals surface area (Å²) >= 11 is 0. The molecule has 0 saturated heterocycles. The zero-order valence-electron chi connectivity index (χ0n) is 8.89. The largest absolute Gasteiger partial charge is 0.313 e. The Hall–Kier alpha value is -1.40. The number of nitrogens with one attached hydrogen (secondary N) is 1. The molecular formula is C12H15FN2. The molecule has 1 aromatic carbocycles. The summed E-state index contributed by atoms with van der Waals surface area (Å²) in [5, 5.41) is 11.9. The molecule has 80 valence electrons. The van der Waals surface area contributed by atoms with Crippen molar-refractivity contribution in [1.82, 2.24) is 5.32 Å². The first kappa shape index (κ1) is 11.7. The topological polar surface area (TPSA) is 35.8 Å². The smallest absolute Gasteiger partial charge is 0.124 e. The highest BCUT2D eigenvalue weighted by molar-refractivity contribution is 5.33. The van der Waals surface area contributed by atoms with Gasteiger partial charge in [-0.2, -0.15) is 5.26 Å². The van der Waals surface area contributed by atoms with Crippen molar-refractivity contribution in [3.63, 3.8) is 0 Å². The number of hydrogen-bond acceptors (Lipinski definition) is 2. The Labute approximate surface area is 89.7 Å². The summed E-state index contributed by atoms with van der Waals surface area (Å²) in [6.07, 6.45) is 2.25. The van der Waals surface area contributed by atoms with Crippen LogP contribution in [0, 0.1) is 17.1 Å². The number of halogens is 1. The highest BCUT2D eigenvalue weighted by atomic mass is 19.1. The molecule has 1 N–H and O–H groups in total. The molecule has 0 radical (unpaired) electrons. The van der Waals surface area contributed by atoms with Crippen molar-refractivity contribution in [3.8, 4) is 6.07 Å². The average molecular weight is 206 g/mol. The number of rotatable bonds is 5. The van der Waals surface area contributed by atoms with Gasteiger partial charge in [-0.25, -0.2) is 4.39 Å². The molecule has 0 bridgehead atoms. The molecule has 0 aliphatic heterocycles. The van der Waals surface area contributed by atoms with Crippen LogP contribution in [0.25, 0.3) is 0 Å². The third kappa shape index (κ3) is 4.09. The minimum absolute atomic E-state index is 0.346. The van der Waals surface area contributed by atoms with Crippen molar-refractivity contribution in [2.45, 2.75) is 26.3 Å². The van der Waals surface area contributed by atoms with Crippen LogP contribution < -0.4 is 5.32 Å². The van der Waals surface area contributed by atoms with Crippen LogP contribution in [-0.4, -0.2) is 6.54 Å². The summed E-state index contributed by atoms with van der Waals surface area (Å²) < 4.78 is 13.0. The first-order valence-corrected chi connectivity index (χ1v) is 5.16. The molecule has 1 aromatic rings. The fourth-order valence-corrected chi connectivity index (χ4v) is 1.35. The molecule has 0 spiro atoms. The first-order valence-electron chi connectivity index (χ1n) is 5.16. The molecule has 0 fully saturated rings. The second kappa shape index (κ2) is 6.15. The van der Waals surface area contributed by atoms with E-state index >= 15 is 0 Å². The average Bonchev–Trinajstić information content (AvgIpc) is 2.23. The molecule has 0 aliphatic rings. The third-order valence-corrected chi connectivity index (χ3v) is 2.12. The van der Waals surface area contributed by atoms with Gasteiger partial charge in [-0.1, -0.05) is 13.3 Å². The fourth-order valence-electron chi connectivity index (χ4n) is 1.35. The number of unbranched alkanes of at least 4 members (excludes halogenated alkanes) is 1. The van der Waals surface area contributed by atoms with Crippen molar-refractivity contribution in [1.29, 1.82) is 5.26 Å². The molecule has 0 heterocycles. The Balaban J connectivity index is 2.54. The highest BCUT2D eigenvalue weighted by Crippen LogP contribution is 2.08. The lowest BCUT2D eigenvalue weighted by Gasteiger charge is -2.04. The van der Waals surface area contributed by atoms with Gasteiger partial charge in [0, 0.05) is 6.54 Å². The zero-order valence-corrected chi connectivity index (χ0v) is 8.89. The maximum absolute atomic E-state index is 13.0. The molecule has 3 heteroatoms. The molecule has 0 aromatic heterocycles. The second-order valence-corrected chi connectivity index (χ2v) is 3.49. The minimum atomic E-state index is -0.346. The monoisotopic (exact) mass is 206 g/mol. The van der Waals surface area contributed by atoms with E-state index in [2.05, 4.69) is 12.2 Å². The molecule has 0 unspecified atom stereocenters. The van der Waals surface area contributed by atoms with Gasteiger partial charge >= 0.3 is 0 Å². The fraction of sp³-hybridized carbons (Fsp3) is 0.417. The van der Waals surface area contributed by atoms with Crippen LogP contribution in [0.2, 0.25) is 0 Å². The van der Waals surface area contributed by atoms with E-state index in [1.54, 1.807) is 6.07 Å². The van der Waals surface area contributed by atoms with Crippen molar-refractivity contribution < 1.29 is 4.39 Å². The Morgan fingerprint density at radius 3 is 2.87 bits per heavy atom. The van der Waals surface area contributed by atoms with E-state index in [0.29, 0.717) is 12.1 Å². The number of hydrogen-bond donors (Lipinski definition) is 1. The Bertz CT molecular complexity index is 355. The first-order chi connectivity index (χ1) is 7.26. The van der Waals surface area contributed by atoms with Crippen LogP contribution in [0.15, 0.2) is 18.2 Å². The lowest BCUT2D eigenvalue weighted by molar-refractivity contribution is 0.613. The van der Waals surface area contributed by atoms with E-state index < -0.39 is 0 Å². The summed E-state index contributed by atoms with van der Waals surface area (Å²) in [6, 6.07) is 6.36. The number of nitrogens with zero attached hydrogens (tertiary/aromatic N) is 1. The van der Waals surface area contributed by atoms with Crippen molar-refractivity contribution in [2.75, 3.05) is 6.54 Å². The molecule has 0 amide bonds. The lowest BCUT2D eigenvalue weighted by atomic mass is 10.1. The number of nitriles is 1. The molecule has 0 saturated carbocycles. The predicted molar refractivity (Wildman–Crippen MR) is 57.7 cm³/mol. The van der Waals surface area contributed by atoms with Crippen LogP contribution in [-0.2, 0) is 6.54 Å².